The molecule has 0 aromatic carbocycles. The fourth-order valence-corrected chi connectivity index (χ4v) is 5.41. The zero-order valence-corrected chi connectivity index (χ0v) is 16.0. The summed E-state index contributed by atoms with van der Waals surface area (Å²) < 4.78 is 0. The SMILES string of the molecule is CC(=O)N1CCN(CCNC(C)CC(C)SC2CCCC2)CC1. The number of carbonyl (C=O) groups is 1. The summed E-state index contributed by atoms with van der Waals surface area (Å²) in [5.41, 5.74) is 0. The van der Waals surface area contributed by atoms with Crippen molar-refractivity contribution in [2.24, 2.45) is 0 Å². The predicted molar refractivity (Wildman–Crippen MR) is 100 cm³/mol. The smallest absolute Gasteiger partial charge is 0.219 e. The van der Waals surface area contributed by atoms with Crippen LogP contribution in [0.4, 0.5) is 0 Å². The van der Waals surface area contributed by atoms with E-state index in [-0.39, 0.29) is 5.91 Å². The molecule has 4 nitrogen and oxygen atoms in total. The van der Waals surface area contributed by atoms with E-state index in [9.17, 15) is 4.79 Å². The van der Waals surface area contributed by atoms with Gasteiger partial charge in [-0.2, -0.15) is 11.8 Å². The van der Waals surface area contributed by atoms with E-state index < -0.39 is 0 Å². The van der Waals surface area contributed by atoms with Gasteiger partial charge in [0.15, 0.2) is 0 Å². The summed E-state index contributed by atoms with van der Waals surface area (Å²) in [6.45, 7) is 12.3. The highest BCUT2D eigenvalue weighted by Gasteiger charge is 2.20. The van der Waals surface area contributed by atoms with Crippen molar-refractivity contribution in [3.05, 3.63) is 0 Å². The van der Waals surface area contributed by atoms with Crippen molar-refractivity contribution < 1.29 is 4.79 Å². The summed E-state index contributed by atoms with van der Waals surface area (Å²) in [6.07, 6.45) is 7.01. The van der Waals surface area contributed by atoms with Gasteiger partial charge in [0.25, 0.3) is 0 Å². The van der Waals surface area contributed by atoms with Crippen LogP contribution in [-0.4, -0.2) is 71.5 Å². The molecule has 2 fully saturated rings. The fraction of sp³-hybridized carbons (Fsp3) is 0.944. The Bertz CT molecular complexity index is 352. The molecular formula is C18H35N3OS. The number of nitrogens with one attached hydrogen (secondary N) is 1. The van der Waals surface area contributed by atoms with Crippen molar-refractivity contribution in [3.8, 4) is 0 Å². The second-order valence-corrected chi connectivity index (χ2v) is 9.04. The molecule has 5 heteroatoms. The van der Waals surface area contributed by atoms with Crippen molar-refractivity contribution in [1.29, 1.82) is 0 Å². The van der Waals surface area contributed by atoms with Crippen molar-refractivity contribution in [1.82, 2.24) is 15.1 Å². The molecule has 1 saturated heterocycles. The molecule has 0 radical (unpaired) electrons. The Morgan fingerprint density at radius 2 is 1.83 bits per heavy atom. The Hall–Kier alpha value is -0.260. The van der Waals surface area contributed by atoms with Gasteiger partial charge in [0.2, 0.25) is 5.91 Å². The summed E-state index contributed by atoms with van der Waals surface area (Å²) >= 11 is 2.21. The van der Waals surface area contributed by atoms with Gasteiger partial charge in [-0.05, 0) is 26.2 Å². The van der Waals surface area contributed by atoms with Crippen molar-refractivity contribution in [2.75, 3.05) is 39.3 Å². The van der Waals surface area contributed by atoms with Gasteiger partial charge in [-0.15, -0.1) is 0 Å². The minimum absolute atomic E-state index is 0.213. The molecule has 2 rings (SSSR count). The number of amides is 1. The molecule has 134 valence electrons. The topological polar surface area (TPSA) is 35.6 Å². The van der Waals surface area contributed by atoms with Gasteiger partial charge < -0.3 is 10.2 Å². The third kappa shape index (κ3) is 7.02. The van der Waals surface area contributed by atoms with Crippen molar-refractivity contribution in [2.45, 2.75) is 69.4 Å². The number of carbonyl (C=O) groups excluding carboxylic acids is 1. The first-order chi connectivity index (χ1) is 11.0. The third-order valence-electron chi connectivity index (χ3n) is 5.15. The van der Waals surface area contributed by atoms with Crippen LogP contribution in [0.25, 0.3) is 0 Å². The maximum Gasteiger partial charge on any atom is 0.219 e. The minimum Gasteiger partial charge on any atom is -0.340 e. The van der Waals surface area contributed by atoms with Crippen LogP contribution >= 0.6 is 11.8 Å². The molecule has 2 atom stereocenters. The summed E-state index contributed by atoms with van der Waals surface area (Å²) in [5, 5.41) is 5.37. The molecule has 0 bridgehead atoms. The van der Waals surface area contributed by atoms with E-state index >= 15 is 0 Å². The van der Waals surface area contributed by atoms with Crippen LogP contribution in [0.2, 0.25) is 0 Å². The van der Waals surface area contributed by atoms with Crippen LogP contribution < -0.4 is 5.32 Å². The number of thioether (sulfide) groups is 1. The maximum absolute atomic E-state index is 11.3. The molecule has 0 aromatic heterocycles. The maximum atomic E-state index is 11.3. The minimum atomic E-state index is 0.213. The molecule has 2 unspecified atom stereocenters. The van der Waals surface area contributed by atoms with Crippen LogP contribution in [0.5, 0.6) is 0 Å². The molecule has 1 aliphatic heterocycles. The molecule has 1 heterocycles. The first-order valence-electron chi connectivity index (χ1n) is 9.41. The van der Waals surface area contributed by atoms with E-state index in [4.69, 9.17) is 0 Å². The van der Waals surface area contributed by atoms with Crippen molar-refractivity contribution in [3.63, 3.8) is 0 Å². The number of hydrogen-bond donors (Lipinski definition) is 1. The molecule has 1 aliphatic carbocycles. The zero-order chi connectivity index (χ0) is 16.7. The lowest BCUT2D eigenvalue weighted by molar-refractivity contribution is -0.130. The molecule has 1 amide bonds. The van der Waals surface area contributed by atoms with Crippen molar-refractivity contribution >= 4 is 17.7 Å². The van der Waals surface area contributed by atoms with Gasteiger partial charge in [-0.1, -0.05) is 19.8 Å². The summed E-state index contributed by atoms with van der Waals surface area (Å²) in [5.74, 6) is 0.213. The third-order valence-corrected chi connectivity index (χ3v) is 6.66. The van der Waals surface area contributed by atoms with Crippen LogP contribution in [0.1, 0.15) is 52.9 Å². The summed E-state index contributed by atoms with van der Waals surface area (Å²) in [6, 6.07) is 0.595. The van der Waals surface area contributed by atoms with Gasteiger partial charge in [-0.3, -0.25) is 9.69 Å². The lowest BCUT2D eigenvalue weighted by Gasteiger charge is -2.34. The molecule has 2 aliphatic rings. The molecule has 0 aromatic rings. The van der Waals surface area contributed by atoms with E-state index in [2.05, 4.69) is 35.8 Å². The first kappa shape index (κ1) is 19.1. The van der Waals surface area contributed by atoms with Gasteiger partial charge in [-0.25, -0.2) is 0 Å². The second kappa shape index (κ2) is 9.90. The van der Waals surface area contributed by atoms with E-state index in [1.54, 1.807) is 6.92 Å². The first-order valence-corrected chi connectivity index (χ1v) is 10.4. The monoisotopic (exact) mass is 341 g/mol. The van der Waals surface area contributed by atoms with Crippen LogP contribution in [0, 0.1) is 0 Å². The summed E-state index contributed by atoms with van der Waals surface area (Å²) in [7, 11) is 0. The number of rotatable bonds is 8. The Morgan fingerprint density at radius 3 is 2.43 bits per heavy atom. The lowest BCUT2D eigenvalue weighted by Crippen LogP contribution is -2.49. The van der Waals surface area contributed by atoms with Gasteiger partial charge in [0.05, 0.1) is 0 Å². The van der Waals surface area contributed by atoms with Crippen LogP contribution in [0.3, 0.4) is 0 Å². The Morgan fingerprint density at radius 1 is 1.17 bits per heavy atom. The number of nitrogens with zero attached hydrogens (tertiary/aromatic N) is 2. The van der Waals surface area contributed by atoms with Gasteiger partial charge in [0, 0.05) is 62.7 Å². The molecule has 0 spiro atoms. The Kier molecular flexibility index (Phi) is 8.21. The predicted octanol–water partition coefficient (Wildman–Crippen LogP) is 2.58. The Balaban J connectivity index is 1.52. The highest BCUT2D eigenvalue weighted by Crippen LogP contribution is 2.33. The standard InChI is InChI=1S/C18H35N3OS/c1-15(14-16(2)23-18-6-4-5-7-18)19-8-9-20-10-12-21(13-11-20)17(3)22/h15-16,18-19H,4-14H2,1-3H3. The van der Waals surface area contributed by atoms with E-state index in [0.717, 1.165) is 49.8 Å². The largest absolute Gasteiger partial charge is 0.340 e. The van der Waals surface area contributed by atoms with E-state index in [1.165, 1.54) is 32.1 Å². The number of hydrogen-bond acceptors (Lipinski definition) is 4. The molecule has 1 N–H and O–H groups in total. The second-order valence-electron chi connectivity index (χ2n) is 7.29. The Labute approximate surface area is 146 Å². The average Bonchev–Trinajstić information content (AvgIpc) is 3.00. The zero-order valence-electron chi connectivity index (χ0n) is 15.2. The quantitative estimate of drug-likeness (QED) is 0.736. The summed E-state index contributed by atoms with van der Waals surface area (Å²) in [4.78, 5) is 15.7. The molecular weight excluding hydrogens is 306 g/mol. The van der Waals surface area contributed by atoms with Gasteiger partial charge in [0.1, 0.15) is 0 Å². The van der Waals surface area contributed by atoms with Gasteiger partial charge >= 0.3 is 0 Å². The fourth-order valence-electron chi connectivity index (χ4n) is 3.75. The highest BCUT2D eigenvalue weighted by atomic mass is 32.2. The molecule has 23 heavy (non-hydrogen) atoms. The normalized spacial score (nSPS) is 23.2. The van der Waals surface area contributed by atoms with Crippen LogP contribution in [0.15, 0.2) is 0 Å². The highest BCUT2D eigenvalue weighted by molar-refractivity contribution is 8.00. The lowest BCUT2D eigenvalue weighted by atomic mass is 10.2. The average molecular weight is 342 g/mol. The number of piperazine rings is 1. The molecule has 1 saturated carbocycles. The van der Waals surface area contributed by atoms with E-state index in [1.807, 2.05) is 4.90 Å². The van der Waals surface area contributed by atoms with E-state index in [0.29, 0.717) is 6.04 Å². The van der Waals surface area contributed by atoms with Crippen LogP contribution in [-0.2, 0) is 4.79 Å².